The van der Waals surface area contributed by atoms with Crippen molar-refractivity contribution in [2.45, 2.75) is 75.8 Å². The summed E-state index contributed by atoms with van der Waals surface area (Å²) < 4.78 is 5.40. The van der Waals surface area contributed by atoms with Crippen LogP contribution in [-0.4, -0.2) is 36.1 Å². The van der Waals surface area contributed by atoms with Crippen molar-refractivity contribution in [3.63, 3.8) is 0 Å². The van der Waals surface area contributed by atoms with Crippen LogP contribution in [0.15, 0.2) is 34.9 Å². The van der Waals surface area contributed by atoms with Gasteiger partial charge in [-0.15, -0.1) is 0 Å². The Balaban J connectivity index is 1.33. The molecular weight excluding hydrogens is 416 g/mol. The summed E-state index contributed by atoms with van der Waals surface area (Å²) in [5, 5.41) is 13.8. The van der Waals surface area contributed by atoms with Crippen molar-refractivity contribution < 1.29 is 14.1 Å². The Morgan fingerprint density at radius 2 is 1.85 bits per heavy atom. The Morgan fingerprint density at radius 3 is 2.61 bits per heavy atom. The first kappa shape index (κ1) is 22.1. The molecular formula is C26H34N4O3. The standard InChI is InChI=1S/C26H34N4O3/c31-25(28-21-10-5-13-27-16-21)20-9-4-8-19(14-20)24(18-6-2-1-3-7-18)29-26(32)22-15-23(33-30-22)17-11-12-17/h4,8-9,14-15,17-18,21,24,27H,1-3,5-7,10-13,16H2,(H,28,31)(H,29,32). The van der Waals surface area contributed by atoms with Crippen LogP contribution in [0.4, 0.5) is 0 Å². The number of benzene rings is 1. The summed E-state index contributed by atoms with van der Waals surface area (Å²) in [5.74, 6) is 1.32. The van der Waals surface area contributed by atoms with Crippen molar-refractivity contribution >= 4 is 11.8 Å². The van der Waals surface area contributed by atoms with Gasteiger partial charge in [-0.2, -0.15) is 0 Å². The average molecular weight is 451 g/mol. The van der Waals surface area contributed by atoms with E-state index in [4.69, 9.17) is 4.52 Å². The molecule has 2 unspecified atom stereocenters. The van der Waals surface area contributed by atoms with E-state index >= 15 is 0 Å². The molecule has 7 heteroatoms. The van der Waals surface area contributed by atoms with Gasteiger partial charge < -0.3 is 20.5 Å². The predicted molar refractivity (Wildman–Crippen MR) is 125 cm³/mol. The van der Waals surface area contributed by atoms with E-state index < -0.39 is 0 Å². The Morgan fingerprint density at radius 1 is 1.00 bits per heavy atom. The molecule has 3 fully saturated rings. The summed E-state index contributed by atoms with van der Waals surface area (Å²) in [6, 6.07) is 9.55. The lowest BCUT2D eigenvalue weighted by Crippen LogP contribution is -2.45. The van der Waals surface area contributed by atoms with Gasteiger partial charge in [-0.05, 0) is 68.7 Å². The van der Waals surface area contributed by atoms with Gasteiger partial charge in [0, 0.05) is 30.1 Å². The van der Waals surface area contributed by atoms with Gasteiger partial charge in [0.1, 0.15) is 5.76 Å². The lowest BCUT2D eigenvalue weighted by molar-refractivity contribution is 0.0902. The number of nitrogens with zero attached hydrogens (tertiary/aromatic N) is 1. The molecule has 2 aromatic rings. The van der Waals surface area contributed by atoms with Crippen LogP contribution in [0.3, 0.4) is 0 Å². The van der Waals surface area contributed by atoms with Crippen molar-refractivity contribution in [1.29, 1.82) is 0 Å². The van der Waals surface area contributed by atoms with Crippen LogP contribution in [0.5, 0.6) is 0 Å². The van der Waals surface area contributed by atoms with Gasteiger partial charge in [-0.3, -0.25) is 9.59 Å². The van der Waals surface area contributed by atoms with E-state index in [1.54, 1.807) is 6.07 Å². The molecule has 2 aliphatic carbocycles. The van der Waals surface area contributed by atoms with Crippen LogP contribution < -0.4 is 16.0 Å². The molecule has 0 bridgehead atoms. The van der Waals surface area contributed by atoms with Crippen molar-refractivity contribution in [2.24, 2.45) is 5.92 Å². The molecule has 2 heterocycles. The fraction of sp³-hybridized carbons (Fsp3) is 0.577. The van der Waals surface area contributed by atoms with Gasteiger partial charge in [0.25, 0.3) is 11.8 Å². The maximum Gasteiger partial charge on any atom is 0.273 e. The topological polar surface area (TPSA) is 96.3 Å². The lowest BCUT2D eigenvalue weighted by Gasteiger charge is -2.31. The minimum Gasteiger partial charge on any atom is -0.360 e. The lowest BCUT2D eigenvalue weighted by atomic mass is 9.80. The third-order valence-electron chi connectivity index (χ3n) is 7.29. The fourth-order valence-electron chi connectivity index (χ4n) is 5.23. The molecule has 1 aromatic heterocycles. The zero-order chi connectivity index (χ0) is 22.6. The fourth-order valence-corrected chi connectivity index (χ4v) is 5.23. The van der Waals surface area contributed by atoms with Gasteiger partial charge in [0.15, 0.2) is 5.69 Å². The molecule has 176 valence electrons. The van der Waals surface area contributed by atoms with E-state index in [0.29, 0.717) is 23.1 Å². The number of amides is 2. The van der Waals surface area contributed by atoms with Crippen LogP contribution in [0.1, 0.15) is 102 Å². The minimum atomic E-state index is -0.204. The SMILES string of the molecule is O=C(NC1CCCNC1)c1cccc(C(NC(=O)c2cc(C3CC3)on2)C2CCCCC2)c1. The van der Waals surface area contributed by atoms with Crippen LogP contribution in [0, 0.1) is 5.92 Å². The van der Waals surface area contributed by atoms with Crippen LogP contribution >= 0.6 is 0 Å². The quantitative estimate of drug-likeness (QED) is 0.591. The monoisotopic (exact) mass is 450 g/mol. The van der Waals surface area contributed by atoms with Crippen LogP contribution in [0.2, 0.25) is 0 Å². The molecule has 0 radical (unpaired) electrons. The number of carbonyl (C=O) groups is 2. The molecule has 3 N–H and O–H groups in total. The van der Waals surface area contributed by atoms with Crippen molar-refractivity contribution in [3.05, 3.63) is 52.9 Å². The smallest absolute Gasteiger partial charge is 0.273 e. The van der Waals surface area contributed by atoms with Crippen molar-refractivity contribution in [3.8, 4) is 0 Å². The summed E-state index contributed by atoms with van der Waals surface area (Å²) in [5.41, 5.74) is 1.97. The zero-order valence-corrected chi connectivity index (χ0v) is 19.1. The van der Waals surface area contributed by atoms with Crippen molar-refractivity contribution in [1.82, 2.24) is 21.1 Å². The van der Waals surface area contributed by atoms with Crippen molar-refractivity contribution in [2.75, 3.05) is 13.1 Å². The minimum absolute atomic E-state index is 0.0511. The normalized spacial score (nSPS) is 22.5. The highest BCUT2D eigenvalue weighted by Crippen LogP contribution is 2.40. The number of piperidine rings is 1. The number of nitrogens with one attached hydrogen (secondary N) is 3. The Bertz CT molecular complexity index is 971. The third kappa shape index (κ3) is 5.46. The first-order chi connectivity index (χ1) is 16.2. The molecule has 1 aliphatic heterocycles. The van der Waals surface area contributed by atoms with Gasteiger partial charge in [-0.25, -0.2) is 0 Å². The van der Waals surface area contributed by atoms with E-state index in [1.165, 1.54) is 19.3 Å². The summed E-state index contributed by atoms with van der Waals surface area (Å²) in [6.07, 6.45) is 10.00. The maximum absolute atomic E-state index is 13.1. The first-order valence-corrected chi connectivity index (χ1v) is 12.6. The van der Waals surface area contributed by atoms with Gasteiger partial charge >= 0.3 is 0 Å². The van der Waals surface area contributed by atoms with E-state index in [9.17, 15) is 9.59 Å². The van der Waals surface area contributed by atoms with E-state index in [0.717, 1.165) is 62.9 Å². The first-order valence-electron chi connectivity index (χ1n) is 12.6. The Labute approximate surface area is 195 Å². The molecule has 5 rings (SSSR count). The molecule has 2 saturated carbocycles. The predicted octanol–water partition coefficient (Wildman–Crippen LogP) is 4.09. The molecule has 2 amide bonds. The second-order valence-corrected chi connectivity index (χ2v) is 9.88. The molecule has 1 saturated heterocycles. The summed E-state index contributed by atoms with van der Waals surface area (Å²) in [6.45, 7) is 1.82. The second kappa shape index (κ2) is 10.1. The highest BCUT2D eigenvalue weighted by Gasteiger charge is 2.31. The average Bonchev–Trinajstić information content (AvgIpc) is 3.59. The second-order valence-electron chi connectivity index (χ2n) is 9.88. The van der Waals surface area contributed by atoms with Gasteiger partial charge in [0.2, 0.25) is 0 Å². The zero-order valence-electron chi connectivity index (χ0n) is 19.1. The van der Waals surface area contributed by atoms with E-state index in [1.807, 2.05) is 24.3 Å². The number of aromatic nitrogens is 1. The summed E-state index contributed by atoms with van der Waals surface area (Å²) in [7, 11) is 0. The summed E-state index contributed by atoms with van der Waals surface area (Å²) >= 11 is 0. The Hall–Kier alpha value is -2.67. The number of hydrogen-bond acceptors (Lipinski definition) is 5. The molecule has 1 aromatic carbocycles. The van der Waals surface area contributed by atoms with E-state index in [2.05, 4.69) is 21.1 Å². The largest absolute Gasteiger partial charge is 0.360 e. The van der Waals surface area contributed by atoms with E-state index in [-0.39, 0.29) is 23.9 Å². The molecule has 33 heavy (non-hydrogen) atoms. The number of rotatable bonds is 7. The molecule has 2 atom stereocenters. The Kier molecular flexibility index (Phi) is 6.76. The molecule has 7 nitrogen and oxygen atoms in total. The maximum atomic E-state index is 13.1. The van der Waals surface area contributed by atoms with Gasteiger partial charge in [-0.1, -0.05) is 36.6 Å². The van der Waals surface area contributed by atoms with Gasteiger partial charge in [0.05, 0.1) is 6.04 Å². The molecule has 0 spiro atoms. The third-order valence-corrected chi connectivity index (χ3v) is 7.29. The highest BCUT2D eigenvalue weighted by atomic mass is 16.5. The van der Waals surface area contributed by atoms with Crippen LogP contribution in [0.25, 0.3) is 0 Å². The number of hydrogen-bond donors (Lipinski definition) is 3. The van der Waals surface area contributed by atoms with Crippen LogP contribution in [-0.2, 0) is 0 Å². The number of carbonyl (C=O) groups excluding carboxylic acids is 2. The molecule has 3 aliphatic rings. The highest BCUT2D eigenvalue weighted by molar-refractivity contribution is 5.95. The summed E-state index contributed by atoms with van der Waals surface area (Å²) in [4.78, 5) is 26.0.